The highest BCUT2D eigenvalue weighted by molar-refractivity contribution is 7.98. The van der Waals surface area contributed by atoms with Crippen molar-refractivity contribution < 1.29 is 0 Å². The molecule has 1 saturated carbocycles. The van der Waals surface area contributed by atoms with E-state index in [1.807, 2.05) is 11.8 Å². The van der Waals surface area contributed by atoms with Gasteiger partial charge in [-0.1, -0.05) is 38.7 Å². The van der Waals surface area contributed by atoms with E-state index in [2.05, 4.69) is 42.8 Å². The maximum Gasteiger partial charge on any atom is 0.0353 e. The molecule has 1 aliphatic rings. The molecular weight excluding hydrogens is 250 g/mol. The van der Waals surface area contributed by atoms with Crippen LogP contribution in [0.25, 0.3) is 0 Å². The van der Waals surface area contributed by atoms with E-state index in [0.29, 0.717) is 6.04 Å². The third-order valence-corrected chi connectivity index (χ3v) is 4.95. The Morgan fingerprint density at radius 1 is 1.21 bits per heavy atom. The van der Waals surface area contributed by atoms with E-state index in [1.54, 1.807) is 0 Å². The summed E-state index contributed by atoms with van der Waals surface area (Å²) in [5.41, 5.74) is 1.30. The molecule has 1 aromatic rings. The summed E-state index contributed by atoms with van der Waals surface area (Å²) in [6.07, 6.45) is 11.8. The lowest BCUT2D eigenvalue weighted by atomic mass is 9.95. The molecule has 0 bridgehead atoms. The van der Waals surface area contributed by atoms with Crippen molar-refractivity contribution in [1.29, 1.82) is 0 Å². The molecule has 1 nitrogen and oxygen atoms in total. The van der Waals surface area contributed by atoms with Gasteiger partial charge in [-0.05, 0) is 49.6 Å². The standard InChI is InChI=1S/C17H27NS/c1-3-6-14-7-4-8-15(12-11-14)18-16-9-5-10-17(13-16)19-2/h5,9-10,13-15,18H,3-4,6-8,11-12H2,1-2H3. The van der Waals surface area contributed by atoms with E-state index in [1.165, 1.54) is 55.5 Å². The van der Waals surface area contributed by atoms with Gasteiger partial charge in [0, 0.05) is 16.6 Å². The van der Waals surface area contributed by atoms with Crippen LogP contribution >= 0.6 is 11.8 Å². The van der Waals surface area contributed by atoms with Gasteiger partial charge in [-0.15, -0.1) is 11.8 Å². The predicted octanol–water partition coefficient (Wildman–Crippen LogP) is 5.57. The van der Waals surface area contributed by atoms with E-state index in [-0.39, 0.29) is 0 Å². The van der Waals surface area contributed by atoms with Gasteiger partial charge in [-0.3, -0.25) is 0 Å². The summed E-state index contributed by atoms with van der Waals surface area (Å²) in [4.78, 5) is 1.35. The predicted molar refractivity (Wildman–Crippen MR) is 87.1 cm³/mol. The van der Waals surface area contributed by atoms with Gasteiger partial charge in [0.05, 0.1) is 0 Å². The maximum absolute atomic E-state index is 3.74. The Labute approximate surface area is 122 Å². The topological polar surface area (TPSA) is 12.0 Å². The SMILES string of the molecule is CCCC1CCCC(Nc2cccc(SC)c2)CC1. The molecule has 0 aliphatic heterocycles. The van der Waals surface area contributed by atoms with E-state index < -0.39 is 0 Å². The molecule has 19 heavy (non-hydrogen) atoms. The van der Waals surface area contributed by atoms with Gasteiger partial charge in [0.1, 0.15) is 0 Å². The Kier molecular flexibility index (Phi) is 6.09. The Bertz CT molecular complexity index is 377. The van der Waals surface area contributed by atoms with Crippen molar-refractivity contribution in [2.45, 2.75) is 62.8 Å². The van der Waals surface area contributed by atoms with Crippen molar-refractivity contribution in [2.24, 2.45) is 5.92 Å². The molecule has 106 valence electrons. The molecule has 0 heterocycles. The van der Waals surface area contributed by atoms with Gasteiger partial charge in [-0.25, -0.2) is 0 Å². The molecule has 2 atom stereocenters. The second-order valence-electron chi connectivity index (χ2n) is 5.74. The minimum atomic E-state index is 0.680. The van der Waals surface area contributed by atoms with Crippen LogP contribution in [-0.2, 0) is 0 Å². The van der Waals surface area contributed by atoms with Gasteiger partial charge in [0.2, 0.25) is 0 Å². The fraction of sp³-hybridized carbons (Fsp3) is 0.647. The van der Waals surface area contributed by atoms with Gasteiger partial charge >= 0.3 is 0 Å². The largest absolute Gasteiger partial charge is 0.382 e. The number of rotatable bonds is 5. The van der Waals surface area contributed by atoms with Crippen LogP contribution in [0.15, 0.2) is 29.2 Å². The van der Waals surface area contributed by atoms with Gasteiger partial charge in [0.25, 0.3) is 0 Å². The molecule has 2 rings (SSSR count). The summed E-state index contributed by atoms with van der Waals surface area (Å²) in [7, 11) is 0. The molecule has 1 aromatic carbocycles. The van der Waals surface area contributed by atoms with E-state index >= 15 is 0 Å². The van der Waals surface area contributed by atoms with Gasteiger partial charge in [0.15, 0.2) is 0 Å². The van der Waals surface area contributed by atoms with Crippen LogP contribution in [-0.4, -0.2) is 12.3 Å². The van der Waals surface area contributed by atoms with Crippen molar-refractivity contribution in [3.05, 3.63) is 24.3 Å². The highest BCUT2D eigenvalue weighted by atomic mass is 32.2. The third-order valence-electron chi connectivity index (χ3n) is 4.23. The zero-order valence-electron chi connectivity index (χ0n) is 12.3. The minimum Gasteiger partial charge on any atom is -0.382 e. The number of thioether (sulfide) groups is 1. The second-order valence-corrected chi connectivity index (χ2v) is 6.62. The molecule has 0 spiro atoms. The molecule has 2 heteroatoms. The van der Waals surface area contributed by atoms with Crippen molar-refractivity contribution in [3.8, 4) is 0 Å². The van der Waals surface area contributed by atoms with E-state index in [9.17, 15) is 0 Å². The van der Waals surface area contributed by atoms with Crippen molar-refractivity contribution in [1.82, 2.24) is 0 Å². The fourth-order valence-electron chi connectivity index (χ4n) is 3.17. The molecule has 2 unspecified atom stereocenters. The Morgan fingerprint density at radius 2 is 2.11 bits per heavy atom. The van der Waals surface area contributed by atoms with Crippen molar-refractivity contribution in [2.75, 3.05) is 11.6 Å². The van der Waals surface area contributed by atoms with Crippen molar-refractivity contribution >= 4 is 17.4 Å². The van der Waals surface area contributed by atoms with Crippen LogP contribution in [0.1, 0.15) is 51.9 Å². The summed E-state index contributed by atoms with van der Waals surface area (Å²) in [5.74, 6) is 0.981. The molecular formula is C17H27NS. The van der Waals surface area contributed by atoms with Crippen LogP contribution in [0.4, 0.5) is 5.69 Å². The normalized spacial score (nSPS) is 23.9. The number of benzene rings is 1. The first-order valence-corrected chi connectivity index (χ1v) is 8.95. The van der Waals surface area contributed by atoms with E-state index in [4.69, 9.17) is 0 Å². The molecule has 0 radical (unpaired) electrons. The highest BCUT2D eigenvalue weighted by Crippen LogP contribution is 2.29. The van der Waals surface area contributed by atoms with Crippen molar-refractivity contribution in [3.63, 3.8) is 0 Å². The van der Waals surface area contributed by atoms with Crippen LogP contribution in [0, 0.1) is 5.92 Å². The highest BCUT2D eigenvalue weighted by Gasteiger charge is 2.18. The number of anilines is 1. The van der Waals surface area contributed by atoms with Crippen LogP contribution in [0.5, 0.6) is 0 Å². The zero-order valence-corrected chi connectivity index (χ0v) is 13.1. The number of nitrogens with one attached hydrogen (secondary N) is 1. The summed E-state index contributed by atoms with van der Waals surface area (Å²) < 4.78 is 0. The Hall–Kier alpha value is -0.630. The molecule has 1 fully saturated rings. The molecule has 0 amide bonds. The Balaban J connectivity index is 1.88. The van der Waals surface area contributed by atoms with Crippen LogP contribution in [0.2, 0.25) is 0 Å². The summed E-state index contributed by atoms with van der Waals surface area (Å²) in [5, 5.41) is 3.74. The monoisotopic (exact) mass is 277 g/mol. The lowest BCUT2D eigenvalue weighted by Gasteiger charge is -2.18. The quantitative estimate of drug-likeness (QED) is 0.558. The average Bonchev–Trinajstić information content (AvgIpc) is 2.65. The third kappa shape index (κ3) is 4.76. The number of hydrogen-bond donors (Lipinski definition) is 1. The van der Waals surface area contributed by atoms with Gasteiger partial charge < -0.3 is 5.32 Å². The fourth-order valence-corrected chi connectivity index (χ4v) is 3.63. The summed E-state index contributed by atoms with van der Waals surface area (Å²) in [6.45, 7) is 2.31. The maximum atomic E-state index is 3.74. The summed E-state index contributed by atoms with van der Waals surface area (Å²) >= 11 is 1.82. The lowest BCUT2D eigenvalue weighted by Crippen LogP contribution is -2.18. The lowest BCUT2D eigenvalue weighted by molar-refractivity contribution is 0.422. The van der Waals surface area contributed by atoms with Crippen LogP contribution < -0.4 is 5.32 Å². The zero-order chi connectivity index (χ0) is 13.5. The second kappa shape index (κ2) is 7.84. The Morgan fingerprint density at radius 3 is 2.89 bits per heavy atom. The molecule has 1 N–H and O–H groups in total. The smallest absolute Gasteiger partial charge is 0.0353 e. The molecule has 0 aromatic heterocycles. The summed E-state index contributed by atoms with van der Waals surface area (Å²) in [6, 6.07) is 9.50. The van der Waals surface area contributed by atoms with Crippen LogP contribution in [0.3, 0.4) is 0 Å². The molecule has 0 saturated heterocycles. The first-order valence-electron chi connectivity index (χ1n) is 7.72. The first-order chi connectivity index (χ1) is 9.31. The molecule has 1 aliphatic carbocycles. The minimum absolute atomic E-state index is 0.680. The average molecular weight is 277 g/mol. The number of hydrogen-bond acceptors (Lipinski definition) is 2. The van der Waals surface area contributed by atoms with Gasteiger partial charge in [-0.2, -0.15) is 0 Å². The van der Waals surface area contributed by atoms with E-state index in [0.717, 1.165) is 5.92 Å². The first kappa shape index (κ1) is 14.8.